The minimum atomic E-state index is 0.0480. The summed E-state index contributed by atoms with van der Waals surface area (Å²) in [7, 11) is 0. The van der Waals surface area contributed by atoms with Crippen LogP contribution in [0.3, 0.4) is 0 Å². The molecule has 3 aliphatic rings. The van der Waals surface area contributed by atoms with Gasteiger partial charge in [-0.25, -0.2) is 0 Å². The number of fused-ring (bicyclic) bond motifs is 1. The zero-order valence-corrected chi connectivity index (χ0v) is 12.7. The maximum atomic E-state index is 13.0. The van der Waals surface area contributed by atoms with Gasteiger partial charge >= 0.3 is 0 Å². The molecule has 2 aromatic carbocycles. The fourth-order valence-electron chi connectivity index (χ4n) is 4.11. The van der Waals surface area contributed by atoms with E-state index in [1.54, 1.807) is 0 Å². The van der Waals surface area contributed by atoms with Gasteiger partial charge in [0.25, 0.3) is 5.91 Å². The van der Waals surface area contributed by atoms with Gasteiger partial charge < -0.3 is 9.80 Å². The Kier molecular flexibility index (Phi) is 2.49. The third kappa shape index (κ3) is 1.72. The van der Waals surface area contributed by atoms with Crippen molar-refractivity contribution >= 4 is 23.2 Å². The second-order valence-corrected chi connectivity index (χ2v) is 6.45. The number of amides is 2. The minimum absolute atomic E-state index is 0.0480. The molecule has 0 saturated carbocycles. The zero-order valence-electron chi connectivity index (χ0n) is 12.7. The average molecular weight is 304 g/mol. The molecule has 3 aliphatic heterocycles. The van der Waals surface area contributed by atoms with Crippen molar-refractivity contribution in [3.63, 3.8) is 0 Å². The molecule has 0 spiro atoms. The second kappa shape index (κ2) is 4.44. The van der Waals surface area contributed by atoms with Gasteiger partial charge in [-0.1, -0.05) is 18.2 Å². The maximum absolute atomic E-state index is 13.0. The van der Waals surface area contributed by atoms with E-state index in [1.807, 2.05) is 40.1 Å². The standard InChI is InChI=1S/C19H16N2O2/c22-17-11-14-10-15(9-13-6-8-21(17)18(13)14)19(23)20-7-5-12-3-1-2-4-16(12)20/h1-4,9-10H,5-8,11H2. The summed E-state index contributed by atoms with van der Waals surface area (Å²) in [6, 6.07) is 12.0. The van der Waals surface area contributed by atoms with Crippen LogP contribution in [0, 0.1) is 0 Å². The van der Waals surface area contributed by atoms with Gasteiger partial charge in [0.1, 0.15) is 0 Å². The Morgan fingerprint density at radius 1 is 0.957 bits per heavy atom. The van der Waals surface area contributed by atoms with Crippen molar-refractivity contribution < 1.29 is 9.59 Å². The van der Waals surface area contributed by atoms with Crippen LogP contribution in [-0.2, 0) is 24.1 Å². The molecular formula is C19H16N2O2. The van der Waals surface area contributed by atoms with Gasteiger partial charge in [-0.05, 0) is 47.7 Å². The molecule has 0 saturated heterocycles. The molecule has 5 rings (SSSR count). The van der Waals surface area contributed by atoms with Crippen LogP contribution in [0.15, 0.2) is 36.4 Å². The third-order valence-electron chi connectivity index (χ3n) is 5.16. The van der Waals surface area contributed by atoms with E-state index in [4.69, 9.17) is 0 Å². The van der Waals surface area contributed by atoms with Crippen LogP contribution >= 0.6 is 0 Å². The molecule has 2 aromatic rings. The third-order valence-corrected chi connectivity index (χ3v) is 5.16. The molecule has 3 heterocycles. The van der Waals surface area contributed by atoms with Crippen molar-refractivity contribution in [2.45, 2.75) is 19.3 Å². The molecule has 0 radical (unpaired) electrons. The molecule has 0 bridgehead atoms. The summed E-state index contributed by atoms with van der Waals surface area (Å²) in [5, 5.41) is 0. The first-order valence-electron chi connectivity index (χ1n) is 8.08. The van der Waals surface area contributed by atoms with Crippen molar-refractivity contribution in [1.82, 2.24) is 0 Å². The van der Waals surface area contributed by atoms with Gasteiger partial charge in [0.05, 0.1) is 12.1 Å². The van der Waals surface area contributed by atoms with Gasteiger partial charge in [-0.2, -0.15) is 0 Å². The first-order valence-corrected chi connectivity index (χ1v) is 8.08. The largest absolute Gasteiger partial charge is 0.311 e. The lowest BCUT2D eigenvalue weighted by Crippen LogP contribution is -2.29. The fourth-order valence-corrected chi connectivity index (χ4v) is 4.11. The highest BCUT2D eigenvalue weighted by molar-refractivity contribution is 6.10. The van der Waals surface area contributed by atoms with Crippen LogP contribution in [0.2, 0.25) is 0 Å². The van der Waals surface area contributed by atoms with E-state index >= 15 is 0 Å². The van der Waals surface area contributed by atoms with E-state index in [9.17, 15) is 9.59 Å². The number of carbonyl (C=O) groups is 2. The van der Waals surface area contributed by atoms with E-state index < -0.39 is 0 Å². The van der Waals surface area contributed by atoms with E-state index in [-0.39, 0.29) is 11.8 Å². The van der Waals surface area contributed by atoms with Gasteiger partial charge in [0, 0.05) is 24.3 Å². The molecule has 114 valence electrons. The molecule has 23 heavy (non-hydrogen) atoms. The number of para-hydroxylation sites is 1. The van der Waals surface area contributed by atoms with Crippen molar-refractivity contribution in [1.29, 1.82) is 0 Å². The molecular weight excluding hydrogens is 288 g/mol. The molecule has 0 fully saturated rings. The topological polar surface area (TPSA) is 40.6 Å². The average Bonchev–Trinajstić information content (AvgIpc) is 3.25. The highest BCUT2D eigenvalue weighted by Gasteiger charge is 2.35. The molecule has 4 nitrogen and oxygen atoms in total. The smallest absolute Gasteiger partial charge is 0.258 e. The molecule has 0 aromatic heterocycles. The normalized spacial score (nSPS) is 17.7. The first kappa shape index (κ1) is 12.9. The lowest BCUT2D eigenvalue weighted by atomic mass is 10.0. The summed E-state index contributed by atoms with van der Waals surface area (Å²) < 4.78 is 0. The van der Waals surface area contributed by atoms with Crippen LogP contribution in [-0.4, -0.2) is 24.9 Å². The second-order valence-electron chi connectivity index (χ2n) is 6.45. The van der Waals surface area contributed by atoms with Crippen molar-refractivity contribution in [2.24, 2.45) is 0 Å². The Bertz CT molecular complexity index is 872. The summed E-state index contributed by atoms with van der Waals surface area (Å²) in [4.78, 5) is 28.8. The Morgan fingerprint density at radius 2 is 1.74 bits per heavy atom. The molecule has 0 atom stereocenters. The van der Waals surface area contributed by atoms with Crippen LogP contribution in [0.25, 0.3) is 0 Å². The van der Waals surface area contributed by atoms with E-state index in [0.717, 1.165) is 48.4 Å². The quantitative estimate of drug-likeness (QED) is 0.811. The predicted octanol–water partition coefficient (Wildman–Crippen LogP) is 2.33. The maximum Gasteiger partial charge on any atom is 0.258 e. The number of benzene rings is 2. The summed E-state index contributed by atoms with van der Waals surface area (Å²) in [5.74, 6) is 0.210. The lowest BCUT2D eigenvalue weighted by molar-refractivity contribution is -0.117. The Morgan fingerprint density at radius 3 is 2.65 bits per heavy atom. The molecule has 0 unspecified atom stereocenters. The van der Waals surface area contributed by atoms with Crippen LogP contribution in [0.5, 0.6) is 0 Å². The number of nitrogens with zero attached hydrogens (tertiary/aromatic N) is 2. The number of carbonyl (C=O) groups excluding carboxylic acids is 2. The van der Waals surface area contributed by atoms with Crippen molar-refractivity contribution in [3.8, 4) is 0 Å². The molecule has 0 N–H and O–H groups in total. The SMILES string of the molecule is O=C(c1cc2c3c(c1)CC(=O)N3CC2)N1CCc2ccccc21. The molecule has 0 aliphatic carbocycles. The van der Waals surface area contributed by atoms with Gasteiger partial charge in [0.15, 0.2) is 0 Å². The van der Waals surface area contributed by atoms with E-state index in [1.165, 1.54) is 5.56 Å². The van der Waals surface area contributed by atoms with Crippen molar-refractivity contribution in [3.05, 3.63) is 58.7 Å². The van der Waals surface area contributed by atoms with Gasteiger partial charge in [-0.3, -0.25) is 9.59 Å². The number of hydrogen-bond acceptors (Lipinski definition) is 2. The number of hydrogen-bond donors (Lipinski definition) is 0. The Balaban J connectivity index is 1.56. The number of anilines is 2. The number of rotatable bonds is 1. The lowest BCUT2D eigenvalue weighted by Gasteiger charge is -2.18. The van der Waals surface area contributed by atoms with E-state index in [0.29, 0.717) is 12.0 Å². The monoisotopic (exact) mass is 304 g/mol. The minimum Gasteiger partial charge on any atom is -0.311 e. The Hall–Kier alpha value is -2.62. The van der Waals surface area contributed by atoms with Crippen LogP contribution < -0.4 is 9.80 Å². The van der Waals surface area contributed by atoms with Crippen LogP contribution in [0.1, 0.15) is 27.0 Å². The Labute approximate surface area is 134 Å². The summed E-state index contributed by atoms with van der Waals surface area (Å²) in [6.45, 7) is 1.49. The summed E-state index contributed by atoms with van der Waals surface area (Å²) >= 11 is 0. The predicted molar refractivity (Wildman–Crippen MR) is 88.0 cm³/mol. The summed E-state index contributed by atoms with van der Waals surface area (Å²) in [6.07, 6.45) is 2.19. The van der Waals surface area contributed by atoms with E-state index in [2.05, 4.69) is 6.07 Å². The van der Waals surface area contributed by atoms with Gasteiger partial charge in [0.2, 0.25) is 5.91 Å². The summed E-state index contributed by atoms with van der Waals surface area (Å²) in [5.41, 5.74) is 6.19. The van der Waals surface area contributed by atoms with Crippen LogP contribution in [0.4, 0.5) is 11.4 Å². The first-order chi connectivity index (χ1) is 11.2. The zero-order chi connectivity index (χ0) is 15.6. The fraction of sp³-hybridized carbons (Fsp3) is 0.263. The van der Waals surface area contributed by atoms with Crippen molar-refractivity contribution in [2.75, 3.05) is 22.9 Å². The molecule has 2 amide bonds. The highest BCUT2D eigenvalue weighted by Crippen LogP contribution is 2.39. The highest BCUT2D eigenvalue weighted by atomic mass is 16.2. The van der Waals surface area contributed by atoms with Gasteiger partial charge in [-0.15, -0.1) is 0 Å². The molecule has 4 heteroatoms.